The molecule has 4 aliphatic carbocycles. The Morgan fingerprint density at radius 3 is 2.49 bits per heavy atom. The van der Waals surface area contributed by atoms with Crippen molar-refractivity contribution < 1.29 is 44.0 Å². The van der Waals surface area contributed by atoms with E-state index in [-0.39, 0.29) is 31.2 Å². The summed E-state index contributed by atoms with van der Waals surface area (Å²) in [7, 11) is 0. The molecule has 6 rings (SSSR count). The Balaban J connectivity index is 1.77. The number of aliphatic hydroxyl groups is 2. The summed E-state index contributed by atoms with van der Waals surface area (Å²) in [4.78, 5) is 35.1. The Hall–Kier alpha value is -1.07. The molecule has 198 valence electrons. The van der Waals surface area contributed by atoms with Crippen molar-refractivity contribution in [2.75, 3.05) is 19.8 Å². The van der Waals surface area contributed by atoms with Gasteiger partial charge in [0.2, 0.25) is 5.79 Å². The van der Waals surface area contributed by atoms with Crippen molar-refractivity contribution in [1.29, 1.82) is 0 Å². The molecular formula is C26H40O9. The molecule has 9 nitrogen and oxygen atoms in total. The van der Waals surface area contributed by atoms with Crippen LogP contribution in [-0.2, 0) is 33.8 Å². The first-order valence-corrected chi connectivity index (χ1v) is 13.0. The molecule has 0 radical (unpaired) electrons. The molecular weight excluding hydrogens is 456 g/mol. The molecule has 10 atom stereocenters. The fourth-order valence-electron chi connectivity index (χ4n) is 9.05. The molecule has 2 spiro atoms. The zero-order chi connectivity index (χ0) is 25.4. The Labute approximate surface area is 206 Å². The fraction of sp³-hybridized carbons (Fsp3) is 0.885. The van der Waals surface area contributed by atoms with Gasteiger partial charge < -0.3 is 19.7 Å². The van der Waals surface area contributed by atoms with Crippen molar-refractivity contribution in [3.8, 4) is 0 Å². The van der Waals surface area contributed by atoms with Gasteiger partial charge in [0.1, 0.15) is 12.2 Å². The zero-order valence-corrected chi connectivity index (χ0v) is 21.5. The third-order valence-corrected chi connectivity index (χ3v) is 9.79. The van der Waals surface area contributed by atoms with E-state index < -0.39 is 58.8 Å². The molecule has 2 N–H and O–H groups in total. The van der Waals surface area contributed by atoms with Gasteiger partial charge in [0.15, 0.2) is 6.10 Å². The predicted octanol–water partition coefficient (Wildman–Crippen LogP) is 2.69. The summed E-state index contributed by atoms with van der Waals surface area (Å²) in [5.41, 5.74) is -1.60. The molecule has 2 heterocycles. The third-order valence-electron chi connectivity index (χ3n) is 9.79. The van der Waals surface area contributed by atoms with Gasteiger partial charge in [-0.05, 0) is 44.1 Å². The van der Waals surface area contributed by atoms with E-state index in [2.05, 4.69) is 20.4 Å². The van der Waals surface area contributed by atoms with Gasteiger partial charge >= 0.3 is 5.97 Å². The van der Waals surface area contributed by atoms with Crippen LogP contribution in [0.4, 0.5) is 0 Å². The van der Waals surface area contributed by atoms with E-state index in [9.17, 15) is 15.0 Å². The number of carbonyl (C=O) groups excluding carboxylic acids is 1. The van der Waals surface area contributed by atoms with Crippen LogP contribution < -0.4 is 0 Å². The van der Waals surface area contributed by atoms with Crippen molar-refractivity contribution in [3.63, 3.8) is 0 Å². The Morgan fingerprint density at radius 1 is 1.14 bits per heavy atom. The minimum Gasteiger partial charge on any atom is -0.462 e. The molecule has 35 heavy (non-hydrogen) atoms. The monoisotopic (exact) mass is 496 g/mol. The lowest BCUT2D eigenvalue weighted by molar-refractivity contribution is -0.524. The number of hydrogen-bond donors (Lipinski definition) is 2. The largest absolute Gasteiger partial charge is 0.462 e. The first kappa shape index (κ1) is 25.6. The number of fused-ring (bicyclic) bond motifs is 2. The van der Waals surface area contributed by atoms with Crippen LogP contribution in [0.25, 0.3) is 0 Å². The first-order chi connectivity index (χ1) is 16.5. The maximum absolute atomic E-state index is 12.6. The Morgan fingerprint density at radius 2 is 1.83 bits per heavy atom. The summed E-state index contributed by atoms with van der Waals surface area (Å²) in [6.45, 7) is 14.5. The topological polar surface area (TPSA) is 113 Å². The Kier molecular flexibility index (Phi) is 6.19. The molecule has 2 aliphatic heterocycles. The molecule has 0 aromatic carbocycles. The number of hydrogen-bond acceptors (Lipinski definition) is 9. The lowest BCUT2D eigenvalue weighted by atomic mass is 9.35. The van der Waals surface area contributed by atoms with Crippen LogP contribution in [0.5, 0.6) is 0 Å². The molecule has 3 unspecified atom stereocenters. The second-order valence-corrected chi connectivity index (χ2v) is 11.8. The highest BCUT2D eigenvalue weighted by Gasteiger charge is 2.88. The summed E-state index contributed by atoms with van der Waals surface area (Å²) in [6, 6.07) is 0. The van der Waals surface area contributed by atoms with Gasteiger partial charge in [-0.2, -0.15) is 0 Å². The summed E-state index contributed by atoms with van der Waals surface area (Å²) in [5, 5.41) is 24.6. The van der Waals surface area contributed by atoms with E-state index in [1.54, 1.807) is 6.92 Å². The van der Waals surface area contributed by atoms with Gasteiger partial charge in [0, 0.05) is 30.1 Å². The van der Waals surface area contributed by atoms with E-state index in [0.29, 0.717) is 12.0 Å². The summed E-state index contributed by atoms with van der Waals surface area (Å²) >= 11 is 0. The molecule has 0 aromatic rings. The quantitative estimate of drug-likeness (QED) is 0.238. The molecule has 4 bridgehead atoms. The van der Waals surface area contributed by atoms with E-state index in [1.807, 2.05) is 6.92 Å². The van der Waals surface area contributed by atoms with Gasteiger partial charge in [-0.25, -0.2) is 19.6 Å². The third kappa shape index (κ3) is 3.09. The maximum atomic E-state index is 12.6. The summed E-state index contributed by atoms with van der Waals surface area (Å²) < 4.78 is 12.4. The lowest BCUT2D eigenvalue weighted by Crippen LogP contribution is -2.86. The van der Waals surface area contributed by atoms with Crippen molar-refractivity contribution in [3.05, 3.63) is 12.2 Å². The zero-order valence-electron chi connectivity index (χ0n) is 21.5. The molecule has 0 amide bonds. The average molecular weight is 497 g/mol. The minimum atomic E-state index is -1.99. The molecule has 6 aliphatic rings. The van der Waals surface area contributed by atoms with Gasteiger partial charge in [0.05, 0.1) is 31.3 Å². The van der Waals surface area contributed by atoms with E-state index in [4.69, 9.17) is 29.0 Å². The van der Waals surface area contributed by atoms with Crippen molar-refractivity contribution in [2.45, 2.75) is 90.5 Å². The minimum absolute atomic E-state index is 0.173. The van der Waals surface area contributed by atoms with E-state index >= 15 is 0 Å². The smallest absolute Gasteiger partial charge is 0.302 e. The van der Waals surface area contributed by atoms with Crippen molar-refractivity contribution in [2.24, 2.45) is 34.0 Å². The van der Waals surface area contributed by atoms with Crippen LogP contribution in [-0.4, -0.2) is 66.2 Å². The maximum Gasteiger partial charge on any atom is 0.302 e. The number of rotatable bonds is 7. The number of ether oxygens (including phenoxy) is 2. The number of esters is 1. The second kappa shape index (κ2) is 8.48. The number of carbonyl (C=O) groups is 1. The lowest BCUT2D eigenvalue weighted by Gasteiger charge is -2.75. The molecule has 6 fully saturated rings. The van der Waals surface area contributed by atoms with E-state index in [0.717, 1.165) is 19.3 Å². The van der Waals surface area contributed by atoms with Crippen LogP contribution in [0.1, 0.15) is 60.3 Å². The van der Waals surface area contributed by atoms with Gasteiger partial charge in [-0.3, -0.25) is 4.79 Å². The summed E-state index contributed by atoms with van der Waals surface area (Å²) in [6.07, 6.45) is -0.328. The van der Waals surface area contributed by atoms with Gasteiger partial charge in [-0.1, -0.05) is 26.8 Å². The van der Waals surface area contributed by atoms with Crippen LogP contribution in [0.3, 0.4) is 0 Å². The van der Waals surface area contributed by atoms with Crippen molar-refractivity contribution in [1.82, 2.24) is 0 Å². The standard InChI is InChI=1S/C26H40O9/c1-7-31-34-21-14(3)16-12-17(33-15(4)27)18-24-11-9-10-23(5,6)19(24)22(35-32-8-2)26(29,30-13-24)25(18,21)20(16)28/h16-22,28-29H,3,7-13H2,1-2,4-6H3/t16-,17?,18?,19?,20+,21+,22-,24+,25+,26-/m0/s1. The first-order valence-electron chi connectivity index (χ1n) is 13.0. The van der Waals surface area contributed by atoms with Crippen LogP contribution in [0.2, 0.25) is 0 Å². The highest BCUT2D eigenvalue weighted by Crippen LogP contribution is 2.78. The average Bonchev–Trinajstić information content (AvgIpc) is 2.90. The highest BCUT2D eigenvalue weighted by molar-refractivity contribution is 5.66. The molecule has 2 saturated heterocycles. The normalized spacial score (nSPS) is 49.5. The van der Waals surface area contributed by atoms with Crippen LogP contribution in [0.15, 0.2) is 12.2 Å². The molecule has 4 saturated carbocycles. The second-order valence-electron chi connectivity index (χ2n) is 11.8. The predicted molar refractivity (Wildman–Crippen MR) is 122 cm³/mol. The van der Waals surface area contributed by atoms with Gasteiger partial charge in [-0.15, -0.1) is 0 Å². The fourth-order valence-corrected chi connectivity index (χ4v) is 9.05. The summed E-state index contributed by atoms with van der Waals surface area (Å²) in [5.74, 6) is -3.49. The SMILES string of the molecule is C=C1[C@@H](OOCC)[C@@]23C(C(OC(C)=O)C[C@@H]1[C@H]2O)[C@]12CCCC(C)(C)C1[C@H](OOCC)[C@]3(O)OC2. The van der Waals surface area contributed by atoms with Crippen LogP contribution in [0, 0.1) is 34.0 Å². The van der Waals surface area contributed by atoms with Crippen LogP contribution >= 0.6 is 0 Å². The van der Waals surface area contributed by atoms with Crippen molar-refractivity contribution >= 4 is 5.97 Å². The van der Waals surface area contributed by atoms with Gasteiger partial charge in [0.25, 0.3) is 0 Å². The van der Waals surface area contributed by atoms with E-state index in [1.165, 1.54) is 6.92 Å². The molecule has 0 aromatic heterocycles. The Bertz CT molecular complexity index is 875. The number of aliphatic hydroxyl groups excluding tert-OH is 1. The highest BCUT2D eigenvalue weighted by atomic mass is 17.2. The molecule has 9 heteroatoms.